The van der Waals surface area contributed by atoms with Crippen molar-refractivity contribution in [3.63, 3.8) is 0 Å². The fraction of sp³-hybridized carbons (Fsp3) is 0.625. The summed E-state index contributed by atoms with van der Waals surface area (Å²) >= 11 is 10.3. The summed E-state index contributed by atoms with van der Waals surface area (Å²) in [7, 11) is 0. The molecule has 3 rings (SSSR count). The topological polar surface area (TPSA) is 27.7 Å². The molecular weight excluding hydrogens is 356 g/mol. The molecule has 0 aliphatic carbocycles. The molecule has 21 heavy (non-hydrogen) atoms. The van der Waals surface area contributed by atoms with Gasteiger partial charge in [-0.3, -0.25) is 0 Å². The first-order valence-corrected chi connectivity index (χ1v) is 8.67. The van der Waals surface area contributed by atoms with E-state index in [0.29, 0.717) is 30.1 Å². The predicted molar refractivity (Wildman–Crippen MR) is 86.8 cm³/mol. The van der Waals surface area contributed by atoms with E-state index < -0.39 is 0 Å². The first-order valence-electron chi connectivity index (χ1n) is 7.37. The molecule has 1 saturated heterocycles. The lowest BCUT2D eigenvalue weighted by Gasteiger charge is -2.27. The van der Waals surface area contributed by atoms with Crippen molar-refractivity contribution in [1.29, 1.82) is 0 Å². The number of hydrogen-bond acceptors (Lipinski definition) is 3. The molecule has 2 aliphatic heterocycles. The minimum Gasteiger partial charge on any atom is -0.486 e. The molecule has 1 aromatic rings. The normalized spacial score (nSPS) is 33.0. The van der Waals surface area contributed by atoms with Gasteiger partial charge in [0.1, 0.15) is 13.2 Å². The van der Waals surface area contributed by atoms with Gasteiger partial charge in [-0.25, -0.2) is 0 Å². The van der Waals surface area contributed by atoms with E-state index in [9.17, 15) is 0 Å². The zero-order valence-corrected chi connectivity index (χ0v) is 14.8. The Morgan fingerprint density at radius 1 is 1.10 bits per heavy atom. The van der Waals surface area contributed by atoms with Crippen LogP contribution in [0.2, 0.25) is 5.02 Å². The van der Waals surface area contributed by atoms with Gasteiger partial charge in [-0.05, 0) is 31.4 Å². The molecule has 0 bridgehead atoms. The quantitative estimate of drug-likeness (QED) is 0.707. The molecule has 1 aromatic carbocycles. The zero-order valence-electron chi connectivity index (χ0n) is 12.4. The van der Waals surface area contributed by atoms with Gasteiger partial charge in [0.05, 0.1) is 12.2 Å². The van der Waals surface area contributed by atoms with Crippen molar-refractivity contribution in [2.75, 3.05) is 13.2 Å². The molecule has 5 atom stereocenters. The van der Waals surface area contributed by atoms with Crippen molar-refractivity contribution in [3.05, 3.63) is 22.7 Å². The molecule has 0 aromatic heterocycles. The van der Waals surface area contributed by atoms with Crippen LogP contribution in [0.5, 0.6) is 11.5 Å². The van der Waals surface area contributed by atoms with E-state index in [1.54, 1.807) is 0 Å². The molecular formula is C16H20BrClO3. The molecule has 0 N–H and O–H groups in total. The van der Waals surface area contributed by atoms with Crippen LogP contribution in [-0.2, 0) is 4.74 Å². The van der Waals surface area contributed by atoms with Crippen LogP contribution in [0.3, 0.4) is 0 Å². The van der Waals surface area contributed by atoms with E-state index in [2.05, 4.69) is 36.7 Å². The van der Waals surface area contributed by atoms with E-state index in [1.807, 2.05) is 12.1 Å². The molecule has 2 aliphatic rings. The van der Waals surface area contributed by atoms with Gasteiger partial charge in [-0.15, -0.1) is 0 Å². The summed E-state index contributed by atoms with van der Waals surface area (Å²) in [5, 5.41) is 0.708. The van der Waals surface area contributed by atoms with E-state index in [-0.39, 0.29) is 17.0 Å². The highest BCUT2D eigenvalue weighted by Gasteiger charge is 2.42. The third kappa shape index (κ3) is 2.78. The van der Waals surface area contributed by atoms with Gasteiger partial charge in [-0.1, -0.05) is 34.5 Å². The first kappa shape index (κ1) is 15.4. The van der Waals surface area contributed by atoms with E-state index in [4.69, 9.17) is 25.8 Å². The van der Waals surface area contributed by atoms with Crippen LogP contribution in [0.15, 0.2) is 12.1 Å². The number of ether oxygens (including phenoxy) is 3. The Morgan fingerprint density at radius 3 is 2.29 bits per heavy atom. The van der Waals surface area contributed by atoms with Crippen LogP contribution in [0.4, 0.5) is 0 Å². The Balaban J connectivity index is 1.92. The summed E-state index contributed by atoms with van der Waals surface area (Å²) in [4.78, 5) is 0.135. The number of fused-ring (bicyclic) bond motifs is 1. The molecule has 2 heterocycles. The molecule has 0 spiro atoms. The maximum atomic E-state index is 6.46. The summed E-state index contributed by atoms with van der Waals surface area (Å²) in [5.41, 5.74) is 1.04. The lowest BCUT2D eigenvalue weighted by molar-refractivity contribution is 0.0511. The maximum Gasteiger partial charge on any atom is 0.162 e. The van der Waals surface area contributed by atoms with Crippen molar-refractivity contribution in [2.24, 2.45) is 11.8 Å². The maximum absolute atomic E-state index is 6.46. The van der Waals surface area contributed by atoms with Gasteiger partial charge in [0.15, 0.2) is 11.5 Å². The molecule has 3 nitrogen and oxygen atoms in total. The van der Waals surface area contributed by atoms with Crippen molar-refractivity contribution in [3.8, 4) is 11.5 Å². The van der Waals surface area contributed by atoms with E-state index in [1.165, 1.54) is 0 Å². The average molecular weight is 376 g/mol. The third-order valence-electron chi connectivity index (χ3n) is 4.62. The van der Waals surface area contributed by atoms with Crippen LogP contribution in [0.1, 0.15) is 31.2 Å². The zero-order chi connectivity index (χ0) is 15.1. The smallest absolute Gasteiger partial charge is 0.162 e. The summed E-state index contributed by atoms with van der Waals surface area (Å²) in [5.74, 6) is 2.35. The second kappa shape index (κ2) is 5.98. The molecule has 5 unspecified atom stereocenters. The summed E-state index contributed by atoms with van der Waals surface area (Å²) in [6.45, 7) is 7.65. The van der Waals surface area contributed by atoms with Crippen molar-refractivity contribution < 1.29 is 14.2 Å². The number of alkyl halides is 1. The van der Waals surface area contributed by atoms with E-state index >= 15 is 0 Å². The monoisotopic (exact) mass is 374 g/mol. The largest absolute Gasteiger partial charge is 0.486 e. The minimum atomic E-state index is 0.135. The Morgan fingerprint density at radius 2 is 1.71 bits per heavy atom. The van der Waals surface area contributed by atoms with Crippen LogP contribution in [0, 0.1) is 11.8 Å². The summed E-state index contributed by atoms with van der Waals surface area (Å²) < 4.78 is 17.2. The van der Waals surface area contributed by atoms with Crippen molar-refractivity contribution >= 4 is 27.5 Å². The fourth-order valence-corrected chi connectivity index (χ4v) is 4.99. The number of hydrogen-bond donors (Lipinski definition) is 0. The second-order valence-electron chi connectivity index (χ2n) is 5.90. The Bertz CT molecular complexity index is 536. The lowest BCUT2D eigenvalue weighted by Crippen LogP contribution is -2.22. The summed E-state index contributed by atoms with van der Waals surface area (Å²) in [6.07, 6.45) is 0.463. The molecule has 0 radical (unpaired) electrons. The van der Waals surface area contributed by atoms with Crippen molar-refractivity contribution in [2.45, 2.75) is 37.8 Å². The minimum absolute atomic E-state index is 0.135. The third-order valence-corrected chi connectivity index (χ3v) is 6.05. The Hall–Kier alpha value is -0.450. The number of halogens is 2. The number of rotatable bonds is 2. The molecule has 5 heteroatoms. The second-order valence-corrected chi connectivity index (χ2v) is 7.30. The van der Waals surface area contributed by atoms with Gasteiger partial charge in [0, 0.05) is 21.8 Å². The SMILES string of the molecule is CC1OC(C)C(C(Br)c2cc3c(cc2Cl)OCCO3)C1C. The predicted octanol–water partition coefficient (Wildman–Crippen LogP) is 4.61. The van der Waals surface area contributed by atoms with Crippen LogP contribution in [-0.4, -0.2) is 25.4 Å². The Kier molecular flexibility index (Phi) is 4.40. The molecule has 0 saturated carbocycles. The van der Waals surface area contributed by atoms with Gasteiger partial charge >= 0.3 is 0 Å². The summed E-state index contributed by atoms with van der Waals surface area (Å²) in [6, 6.07) is 3.85. The van der Waals surface area contributed by atoms with Crippen molar-refractivity contribution in [1.82, 2.24) is 0 Å². The highest BCUT2D eigenvalue weighted by Crippen LogP contribution is 2.48. The Labute approximate surface area is 139 Å². The van der Waals surface area contributed by atoms with Crippen LogP contribution < -0.4 is 9.47 Å². The van der Waals surface area contributed by atoms with Gasteiger partial charge in [-0.2, -0.15) is 0 Å². The number of benzene rings is 1. The highest BCUT2D eigenvalue weighted by molar-refractivity contribution is 9.09. The first-order chi connectivity index (χ1) is 9.99. The molecule has 1 fully saturated rings. The van der Waals surface area contributed by atoms with Gasteiger partial charge < -0.3 is 14.2 Å². The van der Waals surface area contributed by atoms with Crippen LogP contribution >= 0.6 is 27.5 Å². The molecule has 116 valence electrons. The van der Waals surface area contributed by atoms with E-state index in [0.717, 1.165) is 17.1 Å². The lowest BCUT2D eigenvalue weighted by atomic mass is 9.84. The average Bonchev–Trinajstić information content (AvgIpc) is 2.70. The highest BCUT2D eigenvalue weighted by atomic mass is 79.9. The standard InChI is InChI=1S/C16H20BrClO3/c1-8-9(2)21-10(3)15(8)16(17)11-6-13-14(7-12(11)18)20-5-4-19-13/h6-10,15-16H,4-5H2,1-3H3. The fourth-order valence-electron chi connectivity index (χ4n) is 3.30. The van der Waals surface area contributed by atoms with Gasteiger partial charge in [0.2, 0.25) is 0 Å². The van der Waals surface area contributed by atoms with Crippen LogP contribution in [0.25, 0.3) is 0 Å². The molecule has 0 amide bonds. The van der Waals surface area contributed by atoms with Gasteiger partial charge in [0.25, 0.3) is 0 Å².